The number of aliphatic hydroxyl groups excluding tert-OH is 1. The minimum atomic E-state index is 0.203. The van der Waals surface area contributed by atoms with E-state index in [-0.39, 0.29) is 12.0 Å². The lowest BCUT2D eigenvalue weighted by molar-refractivity contribution is 0.122. The zero-order valence-corrected chi connectivity index (χ0v) is 18.0. The zero-order valence-electron chi connectivity index (χ0n) is 18.0. The molecule has 6 heteroatoms. The fourth-order valence-electron chi connectivity index (χ4n) is 4.59. The summed E-state index contributed by atoms with van der Waals surface area (Å²) >= 11 is 0. The van der Waals surface area contributed by atoms with Gasteiger partial charge >= 0.3 is 0 Å². The SMILES string of the molecule is CCNC(=NCc1ccccc1N1CCOCC1)NCC1(CCO)CCCCC1. The lowest BCUT2D eigenvalue weighted by atomic mass is 9.72. The second-order valence-corrected chi connectivity index (χ2v) is 8.31. The Morgan fingerprint density at radius 3 is 2.62 bits per heavy atom. The van der Waals surface area contributed by atoms with Crippen molar-refractivity contribution in [2.45, 2.75) is 52.0 Å². The molecule has 0 unspecified atom stereocenters. The maximum absolute atomic E-state index is 9.57. The first-order chi connectivity index (χ1) is 14.3. The van der Waals surface area contributed by atoms with Gasteiger partial charge in [-0.15, -0.1) is 0 Å². The largest absolute Gasteiger partial charge is 0.396 e. The van der Waals surface area contributed by atoms with Gasteiger partial charge in [0.2, 0.25) is 0 Å². The number of nitrogens with one attached hydrogen (secondary N) is 2. The molecule has 0 amide bonds. The Morgan fingerprint density at radius 2 is 1.90 bits per heavy atom. The van der Waals surface area contributed by atoms with Crippen molar-refractivity contribution in [1.82, 2.24) is 10.6 Å². The van der Waals surface area contributed by atoms with Crippen LogP contribution in [0.25, 0.3) is 0 Å². The molecule has 0 spiro atoms. The zero-order chi connectivity index (χ0) is 20.4. The highest BCUT2D eigenvalue weighted by molar-refractivity contribution is 5.80. The molecule has 1 aliphatic heterocycles. The molecule has 1 saturated carbocycles. The van der Waals surface area contributed by atoms with E-state index < -0.39 is 0 Å². The predicted octanol–water partition coefficient (Wildman–Crippen LogP) is 2.91. The van der Waals surface area contributed by atoms with E-state index in [2.05, 4.69) is 46.7 Å². The van der Waals surface area contributed by atoms with Crippen LogP contribution in [0.1, 0.15) is 51.0 Å². The van der Waals surface area contributed by atoms with Gasteiger partial charge in [0.05, 0.1) is 19.8 Å². The van der Waals surface area contributed by atoms with Gasteiger partial charge < -0.3 is 25.4 Å². The highest BCUT2D eigenvalue weighted by atomic mass is 16.5. The minimum absolute atomic E-state index is 0.203. The van der Waals surface area contributed by atoms with Crippen LogP contribution in [-0.2, 0) is 11.3 Å². The molecule has 1 saturated heterocycles. The minimum Gasteiger partial charge on any atom is -0.396 e. The summed E-state index contributed by atoms with van der Waals surface area (Å²) in [5.41, 5.74) is 2.71. The molecule has 2 fully saturated rings. The van der Waals surface area contributed by atoms with E-state index in [0.717, 1.165) is 51.8 Å². The van der Waals surface area contributed by atoms with E-state index in [1.54, 1.807) is 0 Å². The average Bonchev–Trinajstić information content (AvgIpc) is 2.77. The number of nitrogens with zero attached hydrogens (tertiary/aromatic N) is 2. The van der Waals surface area contributed by atoms with Gasteiger partial charge in [-0.25, -0.2) is 4.99 Å². The van der Waals surface area contributed by atoms with Gasteiger partial charge in [-0.05, 0) is 43.2 Å². The van der Waals surface area contributed by atoms with Crippen LogP contribution in [0.15, 0.2) is 29.3 Å². The van der Waals surface area contributed by atoms with Gasteiger partial charge in [-0.1, -0.05) is 37.5 Å². The van der Waals surface area contributed by atoms with Crippen LogP contribution in [0.2, 0.25) is 0 Å². The van der Waals surface area contributed by atoms with E-state index >= 15 is 0 Å². The number of anilines is 1. The normalized spacial score (nSPS) is 19.8. The summed E-state index contributed by atoms with van der Waals surface area (Å²) in [4.78, 5) is 7.28. The molecule has 3 N–H and O–H groups in total. The Bertz CT molecular complexity index is 632. The van der Waals surface area contributed by atoms with Crippen molar-refractivity contribution in [2.24, 2.45) is 10.4 Å². The Labute approximate surface area is 175 Å². The lowest BCUT2D eigenvalue weighted by Gasteiger charge is -2.37. The van der Waals surface area contributed by atoms with Gasteiger partial charge in [0.1, 0.15) is 0 Å². The topological polar surface area (TPSA) is 69.1 Å². The van der Waals surface area contributed by atoms with Crippen LogP contribution in [0.3, 0.4) is 0 Å². The van der Waals surface area contributed by atoms with Crippen molar-refractivity contribution in [3.8, 4) is 0 Å². The smallest absolute Gasteiger partial charge is 0.191 e. The molecular weight excluding hydrogens is 364 g/mol. The summed E-state index contributed by atoms with van der Waals surface area (Å²) in [5, 5.41) is 16.5. The Kier molecular flexibility index (Phi) is 8.62. The summed E-state index contributed by atoms with van der Waals surface area (Å²) in [5.74, 6) is 0.868. The number of para-hydroxylation sites is 1. The first kappa shape index (κ1) is 21.9. The summed E-state index contributed by atoms with van der Waals surface area (Å²) < 4.78 is 5.50. The molecule has 1 aromatic rings. The lowest BCUT2D eigenvalue weighted by Crippen LogP contribution is -2.45. The van der Waals surface area contributed by atoms with Crippen molar-refractivity contribution in [3.63, 3.8) is 0 Å². The van der Waals surface area contributed by atoms with Crippen LogP contribution in [0, 0.1) is 5.41 Å². The van der Waals surface area contributed by atoms with Gasteiger partial charge in [-0.2, -0.15) is 0 Å². The number of benzene rings is 1. The van der Waals surface area contributed by atoms with Crippen LogP contribution in [0.4, 0.5) is 5.69 Å². The molecule has 29 heavy (non-hydrogen) atoms. The molecule has 0 aromatic heterocycles. The van der Waals surface area contributed by atoms with E-state index in [4.69, 9.17) is 9.73 Å². The van der Waals surface area contributed by atoms with Crippen molar-refractivity contribution >= 4 is 11.6 Å². The molecule has 2 aliphatic rings. The number of rotatable bonds is 8. The van der Waals surface area contributed by atoms with Crippen LogP contribution >= 0.6 is 0 Å². The third-order valence-corrected chi connectivity index (χ3v) is 6.28. The van der Waals surface area contributed by atoms with Gasteiger partial charge in [0, 0.05) is 38.5 Å². The second kappa shape index (κ2) is 11.4. The Balaban J connectivity index is 1.66. The second-order valence-electron chi connectivity index (χ2n) is 8.31. The summed E-state index contributed by atoms with van der Waals surface area (Å²) in [6.07, 6.45) is 7.11. The maximum Gasteiger partial charge on any atom is 0.191 e. The number of hydrogen-bond acceptors (Lipinski definition) is 4. The summed E-state index contributed by atoms with van der Waals surface area (Å²) in [6.45, 7) is 8.17. The Morgan fingerprint density at radius 1 is 1.14 bits per heavy atom. The highest BCUT2D eigenvalue weighted by Crippen LogP contribution is 2.38. The molecule has 162 valence electrons. The number of aliphatic imine (C=N–C) groups is 1. The van der Waals surface area contributed by atoms with Crippen molar-refractivity contribution in [3.05, 3.63) is 29.8 Å². The molecule has 0 atom stereocenters. The summed E-state index contributed by atoms with van der Waals surface area (Å²) in [6, 6.07) is 8.55. The third-order valence-electron chi connectivity index (χ3n) is 6.28. The van der Waals surface area contributed by atoms with Crippen molar-refractivity contribution < 1.29 is 9.84 Å². The van der Waals surface area contributed by atoms with Gasteiger partial charge in [0.25, 0.3) is 0 Å². The van der Waals surface area contributed by atoms with Crippen molar-refractivity contribution in [2.75, 3.05) is 50.9 Å². The molecule has 0 radical (unpaired) electrons. The summed E-state index contributed by atoms with van der Waals surface area (Å²) in [7, 11) is 0. The predicted molar refractivity (Wildman–Crippen MR) is 120 cm³/mol. The van der Waals surface area contributed by atoms with Gasteiger partial charge in [0.15, 0.2) is 5.96 Å². The first-order valence-electron chi connectivity index (χ1n) is 11.3. The van der Waals surface area contributed by atoms with Gasteiger partial charge in [-0.3, -0.25) is 0 Å². The van der Waals surface area contributed by atoms with E-state index in [1.165, 1.54) is 43.4 Å². The number of morpholine rings is 1. The highest BCUT2D eigenvalue weighted by Gasteiger charge is 2.31. The van der Waals surface area contributed by atoms with E-state index in [0.29, 0.717) is 6.54 Å². The van der Waals surface area contributed by atoms with E-state index in [1.807, 2.05) is 0 Å². The standard InChI is InChI=1S/C23H38N4O2/c1-2-24-22(26-19-23(12-15-28)10-6-3-7-11-23)25-18-20-8-4-5-9-21(20)27-13-16-29-17-14-27/h4-5,8-9,28H,2-3,6-7,10-19H2,1H3,(H2,24,25,26). The molecule has 1 heterocycles. The Hall–Kier alpha value is -1.79. The number of guanidine groups is 1. The molecule has 3 rings (SSSR count). The molecular formula is C23H38N4O2. The fourth-order valence-corrected chi connectivity index (χ4v) is 4.59. The molecule has 6 nitrogen and oxygen atoms in total. The fraction of sp³-hybridized carbons (Fsp3) is 0.696. The molecule has 1 aromatic carbocycles. The number of hydrogen-bond donors (Lipinski definition) is 3. The number of ether oxygens (including phenoxy) is 1. The van der Waals surface area contributed by atoms with E-state index in [9.17, 15) is 5.11 Å². The maximum atomic E-state index is 9.57. The van der Waals surface area contributed by atoms with Crippen molar-refractivity contribution in [1.29, 1.82) is 0 Å². The molecule has 0 bridgehead atoms. The van der Waals surface area contributed by atoms with Crippen LogP contribution in [-0.4, -0.2) is 57.1 Å². The first-order valence-corrected chi connectivity index (χ1v) is 11.3. The average molecular weight is 403 g/mol. The van der Waals surface area contributed by atoms with Crippen LogP contribution in [0.5, 0.6) is 0 Å². The number of aliphatic hydroxyl groups is 1. The third kappa shape index (κ3) is 6.34. The monoisotopic (exact) mass is 402 g/mol. The quantitative estimate of drug-likeness (QED) is 0.461. The molecule has 1 aliphatic carbocycles. The van der Waals surface area contributed by atoms with Crippen LogP contribution < -0.4 is 15.5 Å².